The Morgan fingerprint density at radius 2 is 1.66 bits per heavy atom. The van der Waals surface area contributed by atoms with E-state index in [2.05, 4.69) is 21.2 Å². The Kier molecular flexibility index (Phi) is 7.12. The summed E-state index contributed by atoms with van der Waals surface area (Å²) in [5, 5.41) is 3.74. The van der Waals surface area contributed by atoms with E-state index in [-0.39, 0.29) is 11.7 Å². The highest BCUT2D eigenvalue weighted by molar-refractivity contribution is 6.33. The molecule has 8 nitrogen and oxygen atoms in total. The number of nitrogens with one attached hydrogen (secondary N) is 3. The number of pyridine rings is 1. The van der Waals surface area contributed by atoms with E-state index in [0.717, 1.165) is 0 Å². The van der Waals surface area contributed by atoms with Gasteiger partial charge in [0.05, 0.1) is 23.0 Å². The van der Waals surface area contributed by atoms with Crippen molar-refractivity contribution in [3.8, 4) is 11.3 Å². The van der Waals surface area contributed by atoms with Gasteiger partial charge in [-0.3, -0.25) is 25.2 Å². The van der Waals surface area contributed by atoms with Crippen LogP contribution in [0.3, 0.4) is 0 Å². The number of nitrogens with zero attached hydrogens (tertiary/aromatic N) is 1. The van der Waals surface area contributed by atoms with E-state index in [1.807, 2.05) is 24.3 Å². The summed E-state index contributed by atoms with van der Waals surface area (Å²) in [5.41, 5.74) is 6.99. The van der Waals surface area contributed by atoms with Crippen LogP contribution < -0.4 is 16.2 Å². The molecule has 4 rings (SSSR count). The van der Waals surface area contributed by atoms with Crippen molar-refractivity contribution in [2.45, 2.75) is 19.9 Å². The van der Waals surface area contributed by atoms with E-state index < -0.39 is 23.8 Å². The Labute approximate surface area is 206 Å². The fourth-order valence-corrected chi connectivity index (χ4v) is 3.82. The Morgan fingerprint density at radius 1 is 0.914 bits per heavy atom. The minimum absolute atomic E-state index is 0.0860. The number of aromatic nitrogens is 1. The quantitative estimate of drug-likeness (QED) is 0.347. The zero-order valence-corrected chi connectivity index (χ0v) is 19.8. The molecule has 0 unspecified atom stereocenters. The number of para-hydroxylation sites is 1. The van der Waals surface area contributed by atoms with Crippen molar-refractivity contribution in [1.82, 2.24) is 21.2 Å². The zero-order chi connectivity index (χ0) is 24.9. The number of furan rings is 1. The molecule has 0 aliphatic carbocycles. The van der Waals surface area contributed by atoms with Gasteiger partial charge in [-0.1, -0.05) is 61.8 Å². The molecule has 35 heavy (non-hydrogen) atoms. The number of halogens is 1. The third kappa shape index (κ3) is 5.33. The summed E-state index contributed by atoms with van der Waals surface area (Å²) in [6, 6.07) is 18.2. The third-order valence-electron chi connectivity index (χ3n) is 5.39. The van der Waals surface area contributed by atoms with Gasteiger partial charge < -0.3 is 9.73 Å². The van der Waals surface area contributed by atoms with Crippen LogP contribution in [0.15, 0.2) is 77.4 Å². The molecule has 2 aromatic carbocycles. The SMILES string of the molecule is CC(C)[C@H](NC(=O)c1ccco1)C(=O)NNC(=O)c1cc(-c2ccccc2Cl)nc2ccccc12. The van der Waals surface area contributed by atoms with Gasteiger partial charge in [0, 0.05) is 16.0 Å². The number of hydrazine groups is 1. The number of rotatable bonds is 6. The van der Waals surface area contributed by atoms with E-state index in [4.69, 9.17) is 16.0 Å². The molecule has 1 atom stereocenters. The Bertz CT molecular complexity index is 1390. The van der Waals surface area contributed by atoms with Crippen molar-refractivity contribution in [3.63, 3.8) is 0 Å². The van der Waals surface area contributed by atoms with E-state index in [1.165, 1.54) is 12.3 Å². The van der Waals surface area contributed by atoms with Crippen LogP contribution in [0.1, 0.15) is 34.8 Å². The van der Waals surface area contributed by atoms with Crippen LogP contribution in [0.25, 0.3) is 22.2 Å². The molecular formula is C26H23ClN4O4. The van der Waals surface area contributed by atoms with Gasteiger partial charge in [-0.15, -0.1) is 0 Å². The van der Waals surface area contributed by atoms with Crippen molar-refractivity contribution in [1.29, 1.82) is 0 Å². The molecule has 0 bridgehead atoms. The molecule has 0 aliphatic heterocycles. The minimum Gasteiger partial charge on any atom is -0.459 e. The summed E-state index contributed by atoms with van der Waals surface area (Å²) in [4.78, 5) is 43.0. The van der Waals surface area contributed by atoms with Crippen LogP contribution in [-0.2, 0) is 4.79 Å². The summed E-state index contributed by atoms with van der Waals surface area (Å²) < 4.78 is 5.08. The third-order valence-corrected chi connectivity index (χ3v) is 5.72. The first-order chi connectivity index (χ1) is 16.8. The highest BCUT2D eigenvalue weighted by atomic mass is 35.5. The van der Waals surface area contributed by atoms with Crippen molar-refractivity contribution >= 4 is 40.2 Å². The van der Waals surface area contributed by atoms with Crippen LogP contribution >= 0.6 is 11.6 Å². The predicted octanol–water partition coefficient (Wildman–Crippen LogP) is 4.36. The summed E-state index contributed by atoms with van der Waals surface area (Å²) in [7, 11) is 0. The molecule has 0 saturated carbocycles. The number of carbonyl (C=O) groups excluding carboxylic acids is 3. The molecule has 0 radical (unpaired) electrons. The number of benzene rings is 2. The molecule has 0 aliphatic rings. The van der Waals surface area contributed by atoms with Crippen molar-refractivity contribution in [2.75, 3.05) is 0 Å². The topological polar surface area (TPSA) is 113 Å². The van der Waals surface area contributed by atoms with Gasteiger partial charge in [0.25, 0.3) is 17.7 Å². The number of hydrogen-bond donors (Lipinski definition) is 3. The molecule has 2 heterocycles. The second kappa shape index (κ2) is 10.4. The van der Waals surface area contributed by atoms with Crippen LogP contribution in [0.2, 0.25) is 5.02 Å². The van der Waals surface area contributed by atoms with Crippen LogP contribution in [0.5, 0.6) is 0 Å². The molecule has 0 fully saturated rings. The maximum Gasteiger partial charge on any atom is 0.287 e. The highest BCUT2D eigenvalue weighted by Crippen LogP contribution is 2.29. The number of carbonyl (C=O) groups is 3. The second-order valence-electron chi connectivity index (χ2n) is 8.17. The second-order valence-corrected chi connectivity index (χ2v) is 8.58. The first-order valence-electron chi connectivity index (χ1n) is 10.9. The smallest absolute Gasteiger partial charge is 0.287 e. The maximum absolute atomic E-state index is 13.1. The predicted molar refractivity (Wildman–Crippen MR) is 133 cm³/mol. The summed E-state index contributed by atoms with van der Waals surface area (Å²) >= 11 is 6.35. The molecule has 3 amide bonds. The van der Waals surface area contributed by atoms with Crippen LogP contribution in [0.4, 0.5) is 0 Å². The van der Waals surface area contributed by atoms with Gasteiger partial charge in [-0.2, -0.15) is 0 Å². The van der Waals surface area contributed by atoms with Gasteiger partial charge in [0.2, 0.25) is 0 Å². The van der Waals surface area contributed by atoms with E-state index in [1.54, 1.807) is 50.2 Å². The lowest BCUT2D eigenvalue weighted by atomic mass is 10.0. The maximum atomic E-state index is 13.1. The molecular weight excluding hydrogens is 468 g/mol. The standard InChI is InChI=1S/C26H23ClN4O4/c1-15(2)23(29-25(33)22-12-7-13-35-22)26(34)31-30-24(32)18-14-21(17-9-3-5-10-19(17)27)28-20-11-6-4-8-16(18)20/h3-15,23H,1-2H3,(H,29,33)(H,30,32)(H,31,34)/t23-/m0/s1. The summed E-state index contributed by atoms with van der Waals surface area (Å²) in [5.74, 6) is -1.80. The van der Waals surface area contributed by atoms with E-state index >= 15 is 0 Å². The molecule has 0 saturated heterocycles. The lowest BCUT2D eigenvalue weighted by Crippen LogP contribution is -2.54. The molecule has 2 aromatic heterocycles. The lowest BCUT2D eigenvalue weighted by Gasteiger charge is -2.21. The Balaban J connectivity index is 1.55. The average molecular weight is 491 g/mol. The highest BCUT2D eigenvalue weighted by Gasteiger charge is 2.26. The normalized spacial score (nSPS) is 11.8. The molecule has 4 aromatic rings. The lowest BCUT2D eigenvalue weighted by molar-refractivity contribution is -0.124. The molecule has 178 valence electrons. The Morgan fingerprint density at radius 3 is 2.37 bits per heavy atom. The monoisotopic (exact) mass is 490 g/mol. The number of hydrogen-bond acceptors (Lipinski definition) is 5. The van der Waals surface area contributed by atoms with Gasteiger partial charge >= 0.3 is 0 Å². The van der Waals surface area contributed by atoms with Crippen molar-refractivity contribution in [3.05, 3.63) is 89.3 Å². The van der Waals surface area contributed by atoms with Gasteiger partial charge in [0.1, 0.15) is 6.04 Å². The molecule has 0 spiro atoms. The van der Waals surface area contributed by atoms with E-state index in [0.29, 0.717) is 32.7 Å². The van der Waals surface area contributed by atoms with Crippen molar-refractivity contribution < 1.29 is 18.8 Å². The van der Waals surface area contributed by atoms with Crippen LogP contribution in [-0.4, -0.2) is 28.7 Å². The summed E-state index contributed by atoms with van der Waals surface area (Å²) in [6.07, 6.45) is 1.37. The largest absolute Gasteiger partial charge is 0.459 e. The van der Waals surface area contributed by atoms with Gasteiger partial charge in [-0.05, 0) is 36.2 Å². The average Bonchev–Trinajstić information content (AvgIpc) is 3.40. The fraction of sp³-hybridized carbons (Fsp3) is 0.154. The fourth-order valence-electron chi connectivity index (χ4n) is 3.59. The first-order valence-corrected chi connectivity index (χ1v) is 11.3. The van der Waals surface area contributed by atoms with Gasteiger partial charge in [-0.25, -0.2) is 4.98 Å². The Hall–Kier alpha value is -4.17. The number of fused-ring (bicyclic) bond motifs is 1. The molecule has 9 heteroatoms. The molecule has 3 N–H and O–H groups in total. The van der Waals surface area contributed by atoms with Crippen LogP contribution in [0, 0.1) is 5.92 Å². The summed E-state index contributed by atoms with van der Waals surface area (Å²) in [6.45, 7) is 3.56. The van der Waals surface area contributed by atoms with Crippen molar-refractivity contribution in [2.24, 2.45) is 5.92 Å². The van der Waals surface area contributed by atoms with E-state index in [9.17, 15) is 14.4 Å². The minimum atomic E-state index is -0.902. The zero-order valence-electron chi connectivity index (χ0n) is 19.0. The first kappa shape index (κ1) is 24.0. The number of amides is 3. The van der Waals surface area contributed by atoms with Gasteiger partial charge in [0.15, 0.2) is 5.76 Å².